The zero-order valence-corrected chi connectivity index (χ0v) is 13.9. The van der Waals surface area contributed by atoms with Gasteiger partial charge < -0.3 is 5.73 Å². The predicted octanol–water partition coefficient (Wildman–Crippen LogP) is 6.03. The number of halogens is 1. The fourth-order valence-electron chi connectivity index (χ4n) is 2.44. The lowest BCUT2D eigenvalue weighted by molar-refractivity contribution is 0.0979. The molecule has 118 valence electrons. The van der Waals surface area contributed by atoms with E-state index in [2.05, 4.69) is 6.92 Å². The van der Waals surface area contributed by atoms with Crippen molar-refractivity contribution in [2.45, 2.75) is 71.1 Å². The molecule has 0 aliphatic rings. The van der Waals surface area contributed by atoms with Gasteiger partial charge in [-0.2, -0.15) is 0 Å². The Bertz CT molecular complexity index is 431. The highest BCUT2D eigenvalue weighted by Gasteiger charge is 2.07. The van der Waals surface area contributed by atoms with E-state index in [9.17, 15) is 4.79 Å². The van der Waals surface area contributed by atoms with Crippen molar-refractivity contribution < 1.29 is 4.79 Å². The summed E-state index contributed by atoms with van der Waals surface area (Å²) in [6, 6.07) is 5.14. The van der Waals surface area contributed by atoms with Crippen LogP contribution in [0.5, 0.6) is 0 Å². The standard InChI is InChI=1S/C18H28ClNO/c1-2-3-4-5-6-7-8-9-10-11-18(21)15-12-13-17(20)16(19)14-15/h12-14H,2-11,20H2,1H3. The molecule has 0 atom stereocenters. The summed E-state index contributed by atoms with van der Waals surface area (Å²) in [4.78, 5) is 12.0. The van der Waals surface area contributed by atoms with Gasteiger partial charge >= 0.3 is 0 Å². The van der Waals surface area contributed by atoms with Crippen LogP contribution < -0.4 is 5.73 Å². The molecule has 0 amide bonds. The summed E-state index contributed by atoms with van der Waals surface area (Å²) in [5.74, 6) is 0.167. The van der Waals surface area contributed by atoms with Crippen molar-refractivity contribution in [3.05, 3.63) is 28.8 Å². The lowest BCUT2D eigenvalue weighted by Crippen LogP contribution is -2.00. The van der Waals surface area contributed by atoms with Crippen LogP contribution in [0.15, 0.2) is 18.2 Å². The first-order valence-corrected chi connectivity index (χ1v) is 8.61. The van der Waals surface area contributed by atoms with Crippen LogP contribution in [0.25, 0.3) is 0 Å². The molecule has 2 nitrogen and oxygen atoms in total. The molecule has 2 N–H and O–H groups in total. The van der Waals surface area contributed by atoms with Gasteiger partial charge in [0.15, 0.2) is 5.78 Å². The number of carbonyl (C=O) groups excluding carboxylic acids is 1. The highest BCUT2D eigenvalue weighted by atomic mass is 35.5. The number of unbranched alkanes of at least 4 members (excludes halogenated alkanes) is 8. The number of benzene rings is 1. The number of nitrogens with two attached hydrogens (primary N) is 1. The molecular formula is C18H28ClNO. The Labute approximate surface area is 134 Å². The van der Waals surface area contributed by atoms with E-state index in [1.54, 1.807) is 18.2 Å². The molecule has 0 saturated carbocycles. The molecule has 0 fully saturated rings. The van der Waals surface area contributed by atoms with Gasteiger partial charge in [0.25, 0.3) is 0 Å². The van der Waals surface area contributed by atoms with Crippen LogP contribution in [0, 0.1) is 0 Å². The summed E-state index contributed by atoms with van der Waals surface area (Å²) in [7, 11) is 0. The van der Waals surface area contributed by atoms with Gasteiger partial charge in [-0.05, 0) is 24.6 Å². The van der Waals surface area contributed by atoms with Crippen molar-refractivity contribution in [2.24, 2.45) is 0 Å². The zero-order valence-electron chi connectivity index (χ0n) is 13.2. The molecular weight excluding hydrogens is 282 g/mol. The molecule has 1 aromatic rings. The summed E-state index contributed by atoms with van der Waals surface area (Å²) in [6.07, 6.45) is 12.0. The van der Waals surface area contributed by atoms with Crippen LogP contribution in [0.3, 0.4) is 0 Å². The summed E-state index contributed by atoms with van der Waals surface area (Å²) < 4.78 is 0. The van der Waals surface area contributed by atoms with E-state index in [-0.39, 0.29) is 5.78 Å². The fraction of sp³-hybridized carbons (Fsp3) is 0.611. The molecule has 0 unspecified atom stereocenters. The Kier molecular flexibility index (Phi) is 9.16. The van der Waals surface area contributed by atoms with Crippen LogP contribution in [0.1, 0.15) is 81.5 Å². The number of Topliss-reactive ketones (excluding diaryl/α,β-unsaturated/α-hetero) is 1. The highest BCUT2D eigenvalue weighted by Crippen LogP contribution is 2.21. The SMILES string of the molecule is CCCCCCCCCCCC(=O)c1ccc(N)c(Cl)c1. The number of nitrogen functional groups attached to an aromatic ring is 1. The maximum Gasteiger partial charge on any atom is 0.162 e. The quantitative estimate of drug-likeness (QED) is 0.308. The van der Waals surface area contributed by atoms with Crippen LogP contribution in [-0.4, -0.2) is 5.78 Å². The van der Waals surface area contributed by atoms with Gasteiger partial charge in [-0.15, -0.1) is 0 Å². The van der Waals surface area contributed by atoms with Crippen LogP contribution in [-0.2, 0) is 0 Å². The van der Waals surface area contributed by atoms with Gasteiger partial charge in [0.1, 0.15) is 0 Å². The van der Waals surface area contributed by atoms with Crippen molar-refractivity contribution in [1.82, 2.24) is 0 Å². The molecule has 21 heavy (non-hydrogen) atoms. The average Bonchev–Trinajstić information content (AvgIpc) is 2.48. The van der Waals surface area contributed by atoms with E-state index in [0.717, 1.165) is 12.8 Å². The van der Waals surface area contributed by atoms with E-state index >= 15 is 0 Å². The Morgan fingerprint density at radius 2 is 1.57 bits per heavy atom. The van der Waals surface area contributed by atoms with Crippen molar-refractivity contribution in [2.75, 3.05) is 5.73 Å². The topological polar surface area (TPSA) is 43.1 Å². The third-order valence-corrected chi connectivity index (χ3v) is 4.16. The Balaban J connectivity index is 2.09. The number of hydrogen-bond acceptors (Lipinski definition) is 2. The number of rotatable bonds is 11. The van der Waals surface area contributed by atoms with Crippen molar-refractivity contribution >= 4 is 23.1 Å². The first-order chi connectivity index (χ1) is 10.1. The summed E-state index contributed by atoms with van der Waals surface area (Å²) in [5, 5.41) is 0.466. The van der Waals surface area contributed by atoms with E-state index < -0.39 is 0 Å². The second-order valence-electron chi connectivity index (χ2n) is 5.74. The second-order valence-corrected chi connectivity index (χ2v) is 6.15. The van der Waals surface area contributed by atoms with Gasteiger partial charge in [-0.25, -0.2) is 0 Å². The number of ketones is 1. The van der Waals surface area contributed by atoms with E-state index in [0.29, 0.717) is 22.7 Å². The average molecular weight is 310 g/mol. The predicted molar refractivity (Wildman–Crippen MR) is 92.0 cm³/mol. The smallest absolute Gasteiger partial charge is 0.162 e. The number of anilines is 1. The lowest BCUT2D eigenvalue weighted by Gasteiger charge is -2.04. The molecule has 0 aromatic heterocycles. The van der Waals surface area contributed by atoms with E-state index in [1.165, 1.54) is 44.9 Å². The van der Waals surface area contributed by atoms with Crippen molar-refractivity contribution in [1.29, 1.82) is 0 Å². The van der Waals surface area contributed by atoms with E-state index in [1.807, 2.05) is 0 Å². The minimum atomic E-state index is 0.167. The van der Waals surface area contributed by atoms with Crippen molar-refractivity contribution in [3.63, 3.8) is 0 Å². The maximum atomic E-state index is 12.0. The first kappa shape index (κ1) is 18.0. The van der Waals surface area contributed by atoms with Gasteiger partial charge in [0, 0.05) is 12.0 Å². The molecule has 0 aliphatic carbocycles. The summed E-state index contributed by atoms with van der Waals surface area (Å²) in [5.41, 5.74) is 6.84. The third-order valence-electron chi connectivity index (χ3n) is 3.83. The Morgan fingerprint density at radius 3 is 2.14 bits per heavy atom. The minimum Gasteiger partial charge on any atom is -0.398 e. The van der Waals surface area contributed by atoms with Crippen LogP contribution in [0.4, 0.5) is 5.69 Å². The van der Waals surface area contributed by atoms with E-state index in [4.69, 9.17) is 17.3 Å². The molecule has 0 bridgehead atoms. The normalized spacial score (nSPS) is 10.8. The third kappa shape index (κ3) is 7.52. The van der Waals surface area contributed by atoms with Gasteiger partial charge in [0.2, 0.25) is 0 Å². The summed E-state index contributed by atoms with van der Waals surface area (Å²) in [6.45, 7) is 2.24. The molecule has 0 radical (unpaired) electrons. The second kappa shape index (κ2) is 10.7. The Hall–Kier alpha value is -1.02. The van der Waals surface area contributed by atoms with Gasteiger partial charge in [-0.3, -0.25) is 4.79 Å². The van der Waals surface area contributed by atoms with Crippen LogP contribution in [0.2, 0.25) is 5.02 Å². The lowest BCUT2D eigenvalue weighted by atomic mass is 10.0. The zero-order chi connectivity index (χ0) is 15.5. The molecule has 1 aromatic carbocycles. The van der Waals surface area contributed by atoms with Crippen LogP contribution >= 0.6 is 11.6 Å². The molecule has 0 aliphatic heterocycles. The van der Waals surface area contributed by atoms with Crippen molar-refractivity contribution in [3.8, 4) is 0 Å². The number of hydrogen-bond donors (Lipinski definition) is 1. The molecule has 0 heterocycles. The number of carbonyl (C=O) groups is 1. The minimum absolute atomic E-state index is 0.167. The maximum absolute atomic E-state index is 12.0. The highest BCUT2D eigenvalue weighted by molar-refractivity contribution is 6.33. The Morgan fingerprint density at radius 1 is 1.00 bits per heavy atom. The van der Waals surface area contributed by atoms with Gasteiger partial charge in [-0.1, -0.05) is 69.9 Å². The fourth-order valence-corrected chi connectivity index (χ4v) is 2.62. The van der Waals surface area contributed by atoms with Gasteiger partial charge in [0.05, 0.1) is 10.7 Å². The molecule has 3 heteroatoms. The summed E-state index contributed by atoms with van der Waals surface area (Å²) >= 11 is 5.94. The first-order valence-electron chi connectivity index (χ1n) is 8.23. The molecule has 0 saturated heterocycles. The molecule has 0 spiro atoms. The monoisotopic (exact) mass is 309 g/mol. The largest absolute Gasteiger partial charge is 0.398 e. The molecule has 1 rings (SSSR count).